The lowest BCUT2D eigenvalue weighted by molar-refractivity contribution is 0.396. The molecule has 0 aliphatic carbocycles. The predicted molar refractivity (Wildman–Crippen MR) is 105 cm³/mol. The highest BCUT2D eigenvalue weighted by Crippen LogP contribution is 2.39. The van der Waals surface area contributed by atoms with Crippen molar-refractivity contribution < 1.29 is 8.42 Å². The molecule has 1 aliphatic rings. The van der Waals surface area contributed by atoms with Gasteiger partial charge in [-0.3, -0.25) is 0 Å². The molecule has 1 fully saturated rings. The van der Waals surface area contributed by atoms with Crippen LogP contribution in [-0.4, -0.2) is 30.3 Å². The van der Waals surface area contributed by atoms with Crippen LogP contribution < -0.4 is 5.32 Å². The predicted octanol–water partition coefficient (Wildman–Crippen LogP) is 4.13. The van der Waals surface area contributed by atoms with Crippen molar-refractivity contribution in [3.05, 3.63) is 53.7 Å². The lowest BCUT2D eigenvalue weighted by Gasteiger charge is -2.26. The van der Waals surface area contributed by atoms with E-state index in [9.17, 15) is 8.42 Å². The fraction of sp³-hybridized carbons (Fsp3) is 0.450. The Morgan fingerprint density at radius 2 is 2.00 bits per heavy atom. The molecule has 2 heterocycles. The second-order valence-electron chi connectivity index (χ2n) is 6.98. The Hall–Kier alpha value is -1.92. The molecule has 0 bridgehead atoms. The van der Waals surface area contributed by atoms with Crippen molar-refractivity contribution in [2.24, 2.45) is 0 Å². The van der Waals surface area contributed by atoms with Gasteiger partial charge in [0.05, 0.1) is 10.9 Å². The summed E-state index contributed by atoms with van der Waals surface area (Å²) < 4.78 is 28.0. The molecular weight excluding hydrogens is 346 g/mol. The Kier molecular flexibility index (Phi) is 5.63. The highest BCUT2D eigenvalue weighted by molar-refractivity contribution is 7.89. The maximum absolute atomic E-state index is 13.2. The van der Waals surface area contributed by atoms with Crippen LogP contribution in [0.1, 0.15) is 50.3 Å². The van der Waals surface area contributed by atoms with Gasteiger partial charge in [-0.25, -0.2) is 13.4 Å². The van der Waals surface area contributed by atoms with Gasteiger partial charge in [0.15, 0.2) is 0 Å². The van der Waals surface area contributed by atoms with E-state index in [1.54, 1.807) is 22.6 Å². The summed E-state index contributed by atoms with van der Waals surface area (Å²) in [6, 6.07) is 11.1. The van der Waals surface area contributed by atoms with Crippen molar-refractivity contribution in [1.82, 2.24) is 9.29 Å². The normalized spacial score (nSPS) is 19.4. The van der Waals surface area contributed by atoms with Crippen molar-refractivity contribution in [2.45, 2.75) is 57.0 Å². The summed E-state index contributed by atoms with van der Waals surface area (Å²) in [5.74, 6) is 0.790. The summed E-state index contributed by atoms with van der Waals surface area (Å²) >= 11 is 0. The molecule has 1 aromatic carbocycles. The molecule has 5 nitrogen and oxygen atoms in total. The Morgan fingerprint density at radius 1 is 1.27 bits per heavy atom. The standard InChI is InChI=1S/C20H27N3O2S/c1-4-16(3)22-20-18(7-5-13-21-20)19-8-6-14-23(19)26(24,25)17-11-9-15(2)10-12-17/h5,7,9-13,16,19H,4,6,8,14H2,1-3H3,(H,21,22)/t16-,19+/m0/s1. The first kappa shape index (κ1) is 18.9. The monoisotopic (exact) mass is 373 g/mol. The Balaban J connectivity index is 1.95. The van der Waals surface area contributed by atoms with Crippen LogP contribution in [0.4, 0.5) is 5.82 Å². The molecule has 0 radical (unpaired) electrons. The fourth-order valence-corrected chi connectivity index (χ4v) is 5.00. The number of hydrogen-bond donors (Lipinski definition) is 1. The Morgan fingerprint density at radius 3 is 2.69 bits per heavy atom. The number of nitrogens with zero attached hydrogens (tertiary/aromatic N) is 2. The van der Waals surface area contributed by atoms with Crippen LogP contribution in [0.2, 0.25) is 0 Å². The minimum atomic E-state index is -3.53. The minimum Gasteiger partial charge on any atom is -0.367 e. The minimum absolute atomic E-state index is 0.179. The van der Waals surface area contributed by atoms with Crippen LogP contribution in [0, 0.1) is 6.92 Å². The Bertz CT molecular complexity index is 850. The van der Waals surface area contributed by atoms with Gasteiger partial charge in [0, 0.05) is 24.3 Å². The topological polar surface area (TPSA) is 62.3 Å². The molecule has 0 amide bonds. The van der Waals surface area contributed by atoms with Crippen molar-refractivity contribution in [3.63, 3.8) is 0 Å². The van der Waals surface area contributed by atoms with E-state index in [1.165, 1.54) is 0 Å². The zero-order valence-electron chi connectivity index (χ0n) is 15.6. The Labute approximate surface area is 156 Å². The quantitative estimate of drug-likeness (QED) is 0.827. The van der Waals surface area contributed by atoms with Gasteiger partial charge in [-0.2, -0.15) is 4.31 Å². The van der Waals surface area contributed by atoms with E-state index in [1.807, 2.05) is 31.2 Å². The lowest BCUT2D eigenvalue weighted by Crippen LogP contribution is -2.31. The van der Waals surface area contributed by atoms with Gasteiger partial charge in [-0.1, -0.05) is 30.7 Å². The largest absolute Gasteiger partial charge is 0.367 e. The number of aromatic nitrogens is 1. The lowest BCUT2D eigenvalue weighted by atomic mass is 10.1. The second-order valence-corrected chi connectivity index (χ2v) is 8.87. The first-order valence-corrected chi connectivity index (χ1v) is 10.7. The van der Waals surface area contributed by atoms with E-state index >= 15 is 0 Å². The molecular formula is C20H27N3O2S. The van der Waals surface area contributed by atoms with E-state index in [4.69, 9.17) is 0 Å². The number of sulfonamides is 1. The van der Waals surface area contributed by atoms with Gasteiger partial charge in [-0.15, -0.1) is 0 Å². The first-order chi connectivity index (χ1) is 12.4. The molecule has 1 N–H and O–H groups in total. The van der Waals surface area contributed by atoms with Crippen LogP contribution in [0.3, 0.4) is 0 Å². The first-order valence-electron chi connectivity index (χ1n) is 9.23. The zero-order valence-corrected chi connectivity index (χ0v) is 16.5. The summed E-state index contributed by atoms with van der Waals surface area (Å²) in [5, 5.41) is 3.42. The molecule has 6 heteroatoms. The maximum Gasteiger partial charge on any atom is 0.243 e. The van der Waals surface area contributed by atoms with Crippen molar-refractivity contribution in [3.8, 4) is 0 Å². The summed E-state index contributed by atoms with van der Waals surface area (Å²) in [4.78, 5) is 4.84. The molecule has 0 saturated carbocycles. The van der Waals surface area contributed by atoms with Gasteiger partial charge >= 0.3 is 0 Å². The van der Waals surface area contributed by atoms with Gasteiger partial charge in [0.1, 0.15) is 5.82 Å². The molecule has 26 heavy (non-hydrogen) atoms. The third kappa shape index (κ3) is 3.76. The van der Waals surface area contributed by atoms with Crippen molar-refractivity contribution in [2.75, 3.05) is 11.9 Å². The fourth-order valence-electron chi connectivity index (χ4n) is 3.33. The molecule has 1 aromatic heterocycles. The number of benzene rings is 1. The van der Waals surface area contributed by atoms with Gasteiger partial charge in [-0.05, 0) is 51.3 Å². The van der Waals surface area contributed by atoms with Gasteiger partial charge < -0.3 is 5.32 Å². The molecule has 0 unspecified atom stereocenters. The zero-order chi connectivity index (χ0) is 18.7. The van der Waals surface area contributed by atoms with E-state index in [-0.39, 0.29) is 12.1 Å². The third-order valence-corrected chi connectivity index (χ3v) is 6.95. The molecule has 140 valence electrons. The van der Waals surface area contributed by atoms with Crippen LogP contribution in [-0.2, 0) is 10.0 Å². The number of pyridine rings is 1. The highest BCUT2D eigenvalue weighted by atomic mass is 32.2. The number of aryl methyl sites for hydroxylation is 1. The van der Waals surface area contributed by atoms with Gasteiger partial charge in [0.25, 0.3) is 0 Å². The molecule has 1 saturated heterocycles. The van der Waals surface area contributed by atoms with E-state index < -0.39 is 10.0 Å². The van der Waals surface area contributed by atoms with E-state index in [0.29, 0.717) is 11.4 Å². The number of anilines is 1. The molecule has 1 aliphatic heterocycles. The number of nitrogens with one attached hydrogen (secondary N) is 1. The maximum atomic E-state index is 13.2. The van der Waals surface area contributed by atoms with E-state index in [2.05, 4.69) is 24.1 Å². The smallest absolute Gasteiger partial charge is 0.243 e. The van der Waals surface area contributed by atoms with Gasteiger partial charge in [0.2, 0.25) is 10.0 Å². The van der Waals surface area contributed by atoms with E-state index in [0.717, 1.165) is 36.2 Å². The third-order valence-electron chi connectivity index (χ3n) is 5.02. The van der Waals surface area contributed by atoms with Crippen LogP contribution in [0.25, 0.3) is 0 Å². The molecule has 0 spiro atoms. The molecule has 2 aromatic rings. The molecule has 2 atom stereocenters. The summed E-state index contributed by atoms with van der Waals surface area (Å²) in [6.45, 7) is 6.72. The van der Waals surface area contributed by atoms with Crippen LogP contribution >= 0.6 is 0 Å². The number of hydrogen-bond acceptors (Lipinski definition) is 4. The van der Waals surface area contributed by atoms with Crippen molar-refractivity contribution >= 4 is 15.8 Å². The van der Waals surface area contributed by atoms with Crippen LogP contribution in [0.15, 0.2) is 47.5 Å². The summed E-state index contributed by atoms with van der Waals surface area (Å²) in [6.07, 6.45) is 4.40. The SMILES string of the molecule is CC[C@H](C)Nc1ncccc1[C@H]1CCCN1S(=O)(=O)c1ccc(C)cc1. The molecule has 3 rings (SSSR count). The average Bonchev–Trinajstić information content (AvgIpc) is 3.13. The average molecular weight is 374 g/mol. The second kappa shape index (κ2) is 7.76. The highest BCUT2D eigenvalue weighted by Gasteiger charge is 2.37. The summed E-state index contributed by atoms with van der Waals surface area (Å²) in [5.41, 5.74) is 2.01. The van der Waals surface area contributed by atoms with Crippen LogP contribution in [0.5, 0.6) is 0 Å². The number of rotatable bonds is 6. The summed E-state index contributed by atoms with van der Waals surface area (Å²) in [7, 11) is -3.53. The van der Waals surface area contributed by atoms with Crippen molar-refractivity contribution in [1.29, 1.82) is 0 Å².